The van der Waals surface area contributed by atoms with Crippen molar-refractivity contribution >= 4 is 54.3 Å². The lowest BCUT2D eigenvalue weighted by Gasteiger charge is -2.22. The highest BCUT2D eigenvalue weighted by molar-refractivity contribution is 6.22. The minimum absolute atomic E-state index is 0.147. The molecule has 0 saturated carbocycles. The van der Waals surface area contributed by atoms with Crippen molar-refractivity contribution in [1.82, 2.24) is 0 Å². The van der Waals surface area contributed by atoms with E-state index in [4.69, 9.17) is 4.42 Å². The Balaban J connectivity index is 1.12. The van der Waals surface area contributed by atoms with E-state index in [-0.39, 0.29) is 5.41 Å². The maximum Gasteiger partial charge on any atom is 0.136 e. The van der Waals surface area contributed by atoms with Gasteiger partial charge in [0.05, 0.1) is 0 Å². The van der Waals surface area contributed by atoms with Crippen molar-refractivity contribution in [2.75, 3.05) is 0 Å². The average Bonchev–Trinajstić information content (AvgIpc) is 3.67. The molecule has 0 unspecified atom stereocenters. The molecule has 10 aromatic rings. The van der Waals surface area contributed by atoms with Gasteiger partial charge in [0.1, 0.15) is 11.2 Å². The Hall–Kier alpha value is -6.44. The van der Waals surface area contributed by atoms with Crippen LogP contribution in [0.4, 0.5) is 0 Å². The maximum atomic E-state index is 6.59. The minimum Gasteiger partial charge on any atom is -0.456 e. The zero-order valence-electron chi connectivity index (χ0n) is 29.1. The van der Waals surface area contributed by atoms with E-state index in [1.54, 1.807) is 0 Å². The largest absolute Gasteiger partial charge is 0.456 e. The van der Waals surface area contributed by atoms with Gasteiger partial charge in [-0.05, 0) is 112 Å². The van der Waals surface area contributed by atoms with Gasteiger partial charge in [-0.25, -0.2) is 0 Å². The van der Waals surface area contributed by atoms with E-state index in [9.17, 15) is 0 Å². The molecule has 1 aliphatic carbocycles. The van der Waals surface area contributed by atoms with Crippen LogP contribution in [0.5, 0.6) is 0 Å². The van der Waals surface area contributed by atoms with Crippen molar-refractivity contribution < 1.29 is 4.42 Å². The molecular formula is C51H34O. The lowest BCUT2D eigenvalue weighted by atomic mass is 9.81. The first-order valence-corrected chi connectivity index (χ1v) is 18.2. The van der Waals surface area contributed by atoms with E-state index in [1.807, 2.05) is 0 Å². The third-order valence-corrected chi connectivity index (χ3v) is 11.7. The zero-order valence-corrected chi connectivity index (χ0v) is 29.1. The van der Waals surface area contributed by atoms with Crippen LogP contribution in [-0.4, -0.2) is 0 Å². The highest BCUT2D eigenvalue weighted by Crippen LogP contribution is 2.53. The van der Waals surface area contributed by atoms with Gasteiger partial charge in [0.2, 0.25) is 0 Å². The minimum atomic E-state index is -0.147. The molecule has 0 amide bonds. The molecular weight excluding hydrogens is 629 g/mol. The first-order chi connectivity index (χ1) is 25.5. The second-order valence-electron chi connectivity index (χ2n) is 14.8. The van der Waals surface area contributed by atoms with Crippen LogP contribution in [0.25, 0.3) is 98.8 Å². The topological polar surface area (TPSA) is 13.1 Å². The molecule has 244 valence electrons. The van der Waals surface area contributed by atoms with E-state index in [2.05, 4.69) is 184 Å². The third-order valence-electron chi connectivity index (χ3n) is 11.7. The summed E-state index contributed by atoms with van der Waals surface area (Å²) in [5.41, 5.74) is 14.5. The van der Waals surface area contributed by atoms with Gasteiger partial charge in [0.15, 0.2) is 0 Å². The first-order valence-electron chi connectivity index (χ1n) is 18.2. The van der Waals surface area contributed by atoms with Gasteiger partial charge in [0.25, 0.3) is 0 Å². The summed E-state index contributed by atoms with van der Waals surface area (Å²) < 4.78 is 6.59. The molecule has 52 heavy (non-hydrogen) atoms. The Morgan fingerprint density at radius 2 is 0.904 bits per heavy atom. The molecule has 1 aromatic heterocycles. The fourth-order valence-corrected chi connectivity index (χ4v) is 9.16. The number of hydrogen-bond acceptors (Lipinski definition) is 1. The van der Waals surface area contributed by atoms with E-state index in [0.29, 0.717) is 0 Å². The van der Waals surface area contributed by atoms with Crippen LogP contribution in [0.3, 0.4) is 0 Å². The average molecular weight is 663 g/mol. The summed E-state index contributed by atoms with van der Waals surface area (Å²) in [6, 6.07) is 62.4. The second kappa shape index (κ2) is 10.8. The van der Waals surface area contributed by atoms with E-state index < -0.39 is 0 Å². The van der Waals surface area contributed by atoms with Crippen molar-refractivity contribution in [3.63, 3.8) is 0 Å². The Bertz CT molecular complexity index is 3010. The van der Waals surface area contributed by atoms with Crippen LogP contribution in [-0.2, 0) is 5.41 Å². The fourth-order valence-electron chi connectivity index (χ4n) is 9.16. The number of furan rings is 1. The molecule has 0 bridgehead atoms. The van der Waals surface area contributed by atoms with Crippen LogP contribution in [0.1, 0.15) is 25.0 Å². The molecule has 1 nitrogen and oxygen atoms in total. The standard InChI is InChI=1S/C51H34O/c1-51(2)44-26-24-35(28-41(44)42-30-47-43(29-45(42)51)50-36-15-7-6-14-33(36)25-27-46(50)52-47)49-39-18-10-8-16-37(39)48(38-17-9-11-19-40(38)49)34-22-20-32(21-23-34)31-12-4-3-5-13-31/h3-30H,1-2H3. The fraction of sp³-hybridized carbons (Fsp3) is 0.0588. The van der Waals surface area contributed by atoms with Gasteiger partial charge in [-0.15, -0.1) is 0 Å². The van der Waals surface area contributed by atoms with Gasteiger partial charge in [-0.2, -0.15) is 0 Å². The summed E-state index contributed by atoms with van der Waals surface area (Å²) >= 11 is 0. The summed E-state index contributed by atoms with van der Waals surface area (Å²) in [6.07, 6.45) is 0. The van der Waals surface area contributed by atoms with Gasteiger partial charge in [-0.1, -0.05) is 159 Å². The quantitative estimate of drug-likeness (QED) is 0.172. The molecule has 0 fully saturated rings. The predicted octanol–water partition coefficient (Wildman–Crippen LogP) is 14.4. The molecule has 0 spiro atoms. The molecule has 0 N–H and O–H groups in total. The maximum absolute atomic E-state index is 6.59. The van der Waals surface area contributed by atoms with Crippen molar-refractivity contribution in [3.8, 4) is 44.5 Å². The second-order valence-corrected chi connectivity index (χ2v) is 14.8. The Kier molecular flexibility index (Phi) is 6.08. The van der Waals surface area contributed by atoms with Gasteiger partial charge >= 0.3 is 0 Å². The smallest absolute Gasteiger partial charge is 0.136 e. The molecule has 1 aliphatic rings. The normalized spacial score (nSPS) is 13.3. The zero-order chi connectivity index (χ0) is 34.6. The van der Waals surface area contributed by atoms with Crippen LogP contribution in [0, 0.1) is 0 Å². The molecule has 0 aliphatic heterocycles. The summed E-state index contributed by atoms with van der Waals surface area (Å²) in [4.78, 5) is 0. The van der Waals surface area contributed by atoms with E-state index >= 15 is 0 Å². The lowest BCUT2D eigenvalue weighted by Crippen LogP contribution is -2.14. The van der Waals surface area contributed by atoms with Gasteiger partial charge in [0, 0.05) is 16.2 Å². The van der Waals surface area contributed by atoms with Crippen LogP contribution >= 0.6 is 0 Å². The molecule has 0 atom stereocenters. The molecule has 11 rings (SSSR count). The SMILES string of the molecule is CC1(C)c2ccc(-c3c4ccccc4c(-c4ccc(-c5ccccc5)cc4)c4ccccc34)cc2-c2cc3oc4ccc5ccccc5c4c3cc21. The van der Waals surface area contributed by atoms with Crippen molar-refractivity contribution in [2.24, 2.45) is 0 Å². The van der Waals surface area contributed by atoms with E-state index in [0.717, 1.165) is 11.2 Å². The Labute approximate surface area is 302 Å². The van der Waals surface area contributed by atoms with Gasteiger partial charge < -0.3 is 4.42 Å². The number of hydrogen-bond donors (Lipinski definition) is 0. The summed E-state index contributed by atoms with van der Waals surface area (Å²) in [7, 11) is 0. The van der Waals surface area contributed by atoms with E-state index in [1.165, 1.54) is 98.7 Å². The van der Waals surface area contributed by atoms with Crippen LogP contribution in [0.2, 0.25) is 0 Å². The van der Waals surface area contributed by atoms with Crippen LogP contribution < -0.4 is 0 Å². The molecule has 9 aromatic carbocycles. The highest BCUT2D eigenvalue weighted by atomic mass is 16.3. The lowest BCUT2D eigenvalue weighted by molar-refractivity contribution is 0.658. The summed E-state index contributed by atoms with van der Waals surface area (Å²) in [6.45, 7) is 4.73. The number of rotatable bonds is 3. The van der Waals surface area contributed by atoms with Crippen molar-refractivity contribution in [2.45, 2.75) is 19.3 Å². The molecule has 1 heteroatoms. The molecule has 1 heterocycles. The summed E-state index contributed by atoms with van der Waals surface area (Å²) in [5, 5.41) is 9.93. The number of benzene rings is 9. The Morgan fingerprint density at radius 1 is 0.365 bits per heavy atom. The van der Waals surface area contributed by atoms with Crippen molar-refractivity contribution in [1.29, 1.82) is 0 Å². The first kappa shape index (κ1) is 29.3. The van der Waals surface area contributed by atoms with Crippen LogP contribution in [0.15, 0.2) is 174 Å². The highest BCUT2D eigenvalue weighted by Gasteiger charge is 2.37. The van der Waals surface area contributed by atoms with Crippen molar-refractivity contribution in [3.05, 3.63) is 181 Å². The molecule has 0 radical (unpaired) electrons. The third kappa shape index (κ3) is 4.11. The molecule has 0 saturated heterocycles. The van der Waals surface area contributed by atoms with Gasteiger partial charge in [-0.3, -0.25) is 0 Å². The monoisotopic (exact) mass is 662 g/mol. The predicted molar refractivity (Wildman–Crippen MR) is 220 cm³/mol. The summed E-state index contributed by atoms with van der Waals surface area (Å²) in [5.74, 6) is 0. The Morgan fingerprint density at radius 3 is 1.60 bits per heavy atom. The number of fused-ring (bicyclic) bond motifs is 10.